The fourth-order valence-electron chi connectivity index (χ4n) is 5.16. The highest BCUT2D eigenvalue weighted by Gasteiger charge is 2.42. The van der Waals surface area contributed by atoms with Crippen LogP contribution in [-0.4, -0.2) is 38.0 Å². The summed E-state index contributed by atoms with van der Waals surface area (Å²) >= 11 is 0. The summed E-state index contributed by atoms with van der Waals surface area (Å²) in [5, 5.41) is 6.03. The van der Waals surface area contributed by atoms with Crippen LogP contribution in [0.3, 0.4) is 0 Å². The highest BCUT2D eigenvalue weighted by molar-refractivity contribution is 5.68. The minimum atomic E-state index is -0.336. The van der Waals surface area contributed by atoms with E-state index in [9.17, 15) is 9.59 Å². The van der Waals surface area contributed by atoms with Crippen LogP contribution in [-0.2, 0) is 9.47 Å². The SMILES string of the molecule is CCCCCCCOC(=O)NCC1(C)CC(NC(=O)OCCCCCCC)CC(C)(C)C1. The molecule has 2 unspecified atom stereocenters. The quantitative estimate of drug-likeness (QED) is 0.262. The van der Waals surface area contributed by atoms with Crippen LogP contribution in [0.25, 0.3) is 0 Å². The van der Waals surface area contributed by atoms with Crippen LogP contribution < -0.4 is 10.6 Å². The molecule has 2 atom stereocenters. The van der Waals surface area contributed by atoms with E-state index < -0.39 is 0 Å². The molecule has 0 saturated heterocycles. The number of amides is 2. The van der Waals surface area contributed by atoms with Gasteiger partial charge in [0, 0.05) is 12.6 Å². The van der Waals surface area contributed by atoms with Gasteiger partial charge in [-0.1, -0.05) is 86.0 Å². The second-order valence-electron chi connectivity index (χ2n) is 10.9. The van der Waals surface area contributed by atoms with E-state index in [0.717, 1.165) is 44.9 Å². The van der Waals surface area contributed by atoms with E-state index in [0.29, 0.717) is 19.8 Å². The van der Waals surface area contributed by atoms with Gasteiger partial charge in [0.2, 0.25) is 0 Å². The Bertz CT molecular complexity index is 538. The summed E-state index contributed by atoms with van der Waals surface area (Å²) in [4.78, 5) is 24.4. The van der Waals surface area contributed by atoms with E-state index in [1.54, 1.807) is 0 Å². The molecule has 32 heavy (non-hydrogen) atoms. The van der Waals surface area contributed by atoms with E-state index >= 15 is 0 Å². The third-order valence-electron chi connectivity index (χ3n) is 6.39. The topological polar surface area (TPSA) is 76.7 Å². The number of hydrogen-bond donors (Lipinski definition) is 2. The summed E-state index contributed by atoms with van der Waals surface area (Å²) < 4.78 is 10.7. The van der Waals surface area contributed by atoms with Crippen molar-refractivity contribution in [1.82, 2.24) is 10.6 Å². The van der Waals surface area contributed by atoms with Crippen LogP contribution in [0.2, 0.25) is 0 Å². The lowest BCUT2D eigenvalue weighted by molar-refractivity contribution is 0.0621. The molecule has 1 fully saturated rings. The molecule has 188 valence electrons. The Kier molecular flexibility index (Phi) is 13.7. The number of carbonyl (C=O) groups is 2. The van der Waals surface area contributed by atoms with E-state index in [2.05, 4.69) is 45.3 Å². The van der Waals surface area contributed by atoms with Gasteiger partial charge in [-0.3, -0.25) is 0 Å². The lowest BCUT2D eigenvalue weighted by Crippen LogP contribution is -2.50. The molecule has 6 heteroatoms. The Labute approximate surface area is 197 Å². The van der Waals surface area contributed by atoms with Crippen molar-refractivity contribution in [2.24, 2.45) is 10.8 Å². The van der Waals surface area contributed by atoms with Crippen LogP contribution in [0, 0.1) is 10.8 Å². The number of carbonyl (C=O) groups excluding carboxylic acids is 2. The maximum Gasteiger partial charge on any atom is 0.407 e. The molecule has 0 aromatic heterocycles. The summed E-state index contributed by atoms with van der Waals surface area (Å²) in [6.07, 6.45) is 13.4. The molecule has 0 spiro atoms. The van der Waals surface area contributed by atoms with Crippen molar-refractivity contribution >= 4 is 12.2 Å². The summed E-state index contributed by atoms with van der Waals surface area (Å²) in [5.41, 5.74) is -0.0179. The van der Waals surface area contributed by atoms with Crippen LogP contribution in [0.15, 0.2) is 0 Å². The minimum Gasteiger partial charge on any atom is -0.450 e. The number of rotatable bonds is 15. The van der Waals surface area contributed by atoms with Crippen molar-refractivity contribution in [3.63, 3.8) is 0 Å². The summed E-state index contributed by atoms with van der Waals surface area (Å²) in [7, 11) is 0. The summed E-state index contributed by atoms with van der Waals surface area (Å²) in [5.74, 6) is 0. The first-order chi connectivity index (χ1) is 15.2. The Balaban J connectivity index is 2.37. The number of ether oxygens (including phenoxy) is 2. The molecule has 0 aliphatic heterocycles. The van der Waals surface area contributed by atoms with E-state index in [-0.39, 0.29) is 29.1 Å². The predicted molar refractivity (Wildman–Crippen MR) is 131 cm³/mol. The lowest BCUT2D eigenvalue weighted by atomic mass is 9.62. The Morgan fingerprint density at radius 3 is 1.88 bits per heavy atom. The third kappa shape index (κ3) is 13.2. The molecule has 1 aliphatic carbocycles. The molecule has 1 aliphatic rings. The van der Waals surface area contributed by atoms with Crippen LogP contribution in [0.5, 0.6) is 0 Å². The molecule has 1 rings (SSSR count). The summed E-state index contributed by atoms with van der Waals surface area (Å²) in [6.45, 7) is 12.5. The average molecular weight is 455 g/mol. The van der Waals surface area contributed by atoms with Gasteiger partial charge in [-0.2, -0.15) is 0 Å². The Morgan fingerprint density at radius 1 is 0.781 bits per heavy atom. The van der Waals surface area contributed by atoms with Gasteiger partial charge in [-0.25, -0.2) is 9.59 Å². The number of nitrogens with one attached hydrogen (secondary N) is 2. The third-order valence-corrected chi connectivity index (χ3v) is 6.39. The van der Waals surface area contributed by atoms with E-state index in [4.69, 9.17) is 9.47 Å². The highest BCUT2D eigenvalue weighted by Crippen LogP contribution is 2.45. The molecular formula is C26H50N2O4. The van der Waals surface area contributed by atoms with Gasteiger partial charge in [-0.15, -0.1) is 0 Å². The zero-order valence-electron chi connectivity index (χ0n) is 21.5. The monoisotopic (exact) mass is 454 g/mol. The maximum atomic E-state index is 12.3. The second-order valence-corrected chi connectivity index (χ2v) is 10.9. The first-order valence-electron chi connectivity index (χ1n) is 13.0. The fourth-order valence-corrected chi connectivity index (χ4v) is 5.16. The fraction of sp³-hybridized carbons (Fsp3) is 0.923. The van der Waals surface area contributed by atoms with Gasteiger partial charge in [-0.05, 0) is 42.9 Å². The largest absolute Gasteiger partial charge is 0.450 e. The zero-order valence-corrected chi connectivity index (χ0v) is 21.5. The van der Waals surface area contributed by atoms with Gasteiger partial charge >= 0.3 is 12.2 Å². The number of hydrogen-bond acceptors (Lipinski definition) is 4. The van der Waals surface area contributed by atoms with E-state index in [1.807, 2.05) is 0 Å². The first-order valence-corrected chi connectivity index (χ1v) is 13.0. The van der Waals surface area contributed by atoms with Gasteiger partial charge in [0.15, 0.2) is 0 Å². The van der Waals surface area contributed by atoms with Gasteiger partial charge < -0.3 is 20.1 Å². The van der Waals surface area contributed by atoms with Crippen molar-refractivity contribution in [3.8, 4) is 0 Å². The van der Waals surface area contributed by atoms with Crippen molar-refractivity contribution in [1.29, 1.82) is 0 Å². The highest BCUT2D eigenvalue weighted by atomic mass is 16.6. The standard InChI is InChI=1S/C26H50N2O4/c1-6-8-10-12-14-16-31-23(29)27-21-26(5)19-22(18-25(3,4)20-26)28-24(30)32-17-15-13-11-9-7-2/h22H,6-21H2,1-5H3,(H,27,29)(H,28,30). The zero-order chi connectivity index (χ0) is 23.9. The molecular weight excluding hydrogens is 404 g/mol. The molecule has 0 aromatic carbocycles. The Morgan fingerprint density at radius 2 is 1.31 bits per heavy atom. The number of alkyl carbamates (subject to hydrolysis) is 2. The van der Waals surface area contributed by atoms with Gasteiger partial charge in [0.25, 0.3) is 0 Å². The molecule has 0 heterocycles. The minimum absolute atomic E-state index is 0.0488. The molecule has 0 bridgehead atoms. The predicted octanol–water partition coefficient (Wildman–Crippen LogP) is 6.96. The van der Waals surface area contributed by atoms with Crippen molar-refractivity contribution in [2.45, 2.75) is 124 Å². The smallest absolute Gasteiger partial charge is 0.407 e. The maximum absolute atomic E-state index is 12.3. The van der Waals surface area contributed by atoms with Crippen LogP contribution in [0.4, 0.5) is 9.59 Å². The molecule has 6 nitrogen and oxygen atoms in total. The average Bonchev–Trinajstić information content (AvgIpc) is 2.70. The van der Waals surface area contributed by atoms with Crippen LogP contribution >= 0.6 is 0 Å². The molecule has 0 radical (unpaired) electrons. The van der Waals surface area contributed by atoms with Crippen molar-refractivity contribution in [3.05, 3.63) is 0 Å². The van der Waals surface area contributed by atoms with Crippen molar-refractivity contribution < 1.29 is 19.1 Å². The Hall–Kier alpha value is -1.46. The molecule has 2 N–H and O–H groups in total. The molecule has 0 aromatic rings. The van der Waals surface area contributed by atoms with E-state index in [1.165, 1.54) is 38.5 Å². The van der Waals surface area contributed by atoms with Gasteiger partial charge in [0.1, 0.15) is 0 Å². The lowest BCUT2D eigenvalue weighted by Gasteiger charge is -2.46. The van der Waals surface area contributed by atoms with Crippen LogP contribution in [0.1, 0.15) is 118 Å². The molecule has 2 amide bonds. The normalized spacial score (nSPS) is 22.2. The van der Waals surface area contributed by atoms with Gasteiger partial charge in [0.05, 0.1) is 13.2 Å². The van der Waals surface area contributed by atoms with Crippen molar-refractivity contribution in [2.75, 3.05) is 19.8 Å². The number of unbranched alkanes of at least 4 members (excludes halogenated alkanes) is 8. The first kappa shape index (κ1) is 28.6. The second kappa shape index (κ2) is 15.4. The molecule has 1 saturated carbocycles. The summed E-state index contributed by atoms with van der Waals surface area (Å²) in [6, 6.07) is 0.0488.